The Balaban J connectivity index is 1.90. The standard InChI is InChI=1S/C13H20ClN5/c1-3-4-5-12-18-11(13(14)19-12)8-15-9(2)10-6-16-17-7-10/h6-7,9,15H,3-5,8H2,1-2H3,(H,16,17)(H,18,19). The summed E-state index contributed by atoms with van der Waals surface area (Å²) in [5.74, 6) is 0.972. The highest BCUT2D eigenvalue weighted by Gasteiger charge is 2.10. The van der Waals surface area contributed by atoms with Crippen molar-refractivity contribution in [3.63, 3.8) is 0 Å². The number of halogens is 1. The van der Waals surface area contributed by atoms with Gasteiger partial charge >= 0.3 is 0 Å². The van der Waals surface area contributed by atoms with Gasteiger partial charge in [0.25, 0.3) is 0 Å². The Hall–Kier alpha value is -1.33. The quantitative estimate of drug-likeness (QED) is 0.731. The first-order chi connectivity index (χ1) is 9.20. The summed E-state index contributed by atoms with van der Waals surface area (Å²) in [6.45, 7) is 4.93. The zero-order valence-corrected chi connectivity index (χ0v) is 12.1. The summed E-state index contributed by atoms with van der Waals surface area (Å²) < 4.78 is 0. The van der Waals surface area contributed by atoms with Gasteiger partial charge < -0.3 is 10.3 Å². The van der Waals surface area contributed by atoms with Gasteiger partial charge in [0.1, 0.15) is 5.82 Å². The molecule has 0 aromatic carbocycles. The van der Waals surface area contributed by atoms with E-state index in [1.165, 1.54) is 0 Å². The fourth-order valence-corrected chi connectivity index (χ4v) is 2.11. The van der Waals surface area contributed by atoms with Crippen molar-refractivity contribution in [3.8, 4) is 0 Å². The molecule has 0 spiro atoms. The summed E-state index contributed by atoms with van der Waals surface area (Å²) in [6.07, 6.45) is 6.94. The van der Waals surface area contributed by atoms with Crippen LogP contribution in [-0.2, 0) is 13.0 Å². The Morgan fingerprint density at radius 1 is 1.47 bits per heavy atom. The van der Waals surface area contributed by atoms with Crippen molar-refractivity contribution < 1.29 is 0 Å². The van der Waals surface area contributed by atoms with E-state index in [2.05, 4.69) is 39.3 Å². The molecule has 2 rings (SSSR count). The number of aromatic nitrogens is 4. The number of hydrogen-bond donors (Lipinski definition) is 3. The first-order valence-electron chi connectivity index (χ1n) is 6.66. The summed E-state index contributed by atoms with van der Waals surface area (Å²) in [5.41, 5.74) is 2.07. The molecule has 104 valence electrons. The highest BCUT2D eigenvalue weighted by Crippen LogP contribution is 2.16. The maximum Gasteiger partial charge on any atom is 0.151 e. The van der Waals surface area contributed by atoms with Crippen molar-refractivity contribution in [2.75, 3.05) is 0 Å². The molecule has 6 heteroatoms. The third kappa shape index (κ3) is 3.81. The predicted molar refractivity (Wildman–Crippen MR) is 76.1 cm³/mol. The van der Waals surface area contributed by atoms with Crippen LogP contribution in [0.2, 0.25) is 5.15 Å². The third-order valence-electron chi connectivity index (χ3n) is 3.15. The SMILES string of the molecule is CCCCc1nc(Cl)c(CNC(C)c2cn[nH]c2)[nH]1. The van der Waals surface area contributed by atoms with E-state index in [-0.39, 0.29) is 6.04 Å². The molecule has 5 nitrogen and oxygen atoms in total. The van der Waals surface area contributed by atoms with Crippen LogP contribution >= 0.6 is 11.6 Å². The lowest BCUT2D eigenvalue weighted by Gasteiger charge is -2.10. The second-order valence-corrected chi connectivity index (χ2v) is 5.05. The van der Waals surface area contributed by atoms with Gasteiger partial charge in [-0.2, -0.15) is 5.10 Å². The van der Waals surface area contributed by atoms with Gasteiger partial charge in [-0.3, -0.25) is 5.10 Å². The van der Waals surface area contributed by atoms with Crippen LogP contribution < -0.4 is 5.32 Å². The maximum atomic E-state index is 6.13. The first kappa shape index (κ1) is 14.1. The highest BCUT2D eigenvalue weighted by atomic mass is 35.5. The zero-order chi connectivity index (χ0) is 13.7. The number of H-pyrrole nitrogens is 2. The molecule has 0 saturated heterocycles. The van der Waals surface area contributed by atoms with E-state index in [0.717, 1.165) is 36.3 Å². The molecular formula is C13H20ClN5. The Morgan fingerprint density at radius 3 is 3.00 bits per heavy atom. The second kappa shape index (κ2) is 6.73. The first-order valence-corrected chi connectivity index (χ1v) is 7.03. The molecule has 0 amide bonds. The van der Waals surface area contributed by atoms with Crippen LogP contribution in [0.15, 0.2) is 12.4 Å². The van der Waals surface area contributed by atoms with Gasteiger partial charge in [0.15, 0.2) is 5.15 Å². The number of aromatic amines is 2. The Morgan fingerprint density at radius 2 is 2.32 bits per heavy atom. The van der Waals surface area contributed by atoms with Crippen LogP contribution in [0.5, 0.6) is 0 Å². The molecule has 1 unspecified atom stereocenters. The van der Waals surface area contributed by atoms with Gasteiger partial charge in [-0.15, -0.1) is 0 Å². The number of nitrogens with zero attached hydrogens (tertiary/aromatic N) is 2. The molecule has 0 bridgehead atoms. The molecule has 1 atom stereocenters. The monoisotopic (exact) mass is 281 g/mol. The van der Waals surface area contributed by atoms with Gasteiger partial charge in [0.05, 0.1) is 11.9 Å². The normalized spacial score (nSPS) is 12.8. The summed E-state index contributed by atoms with van der Waals surface area (Å²) in [6, 6.07) is 0.220. The maximum absolute atomic E-state index is 6.13. The number of imidazole rings is 1. The number of nitrogens with one attached hydrogen (secondary N) is 3. The Labute approximate surface area is 118 Å². The van der Waals surface area contributed by atoms with Crippen molar-refractivity contribution in [3.05, 3.63) is 34.6 Å². The minimum absolute atomic E-state index is 0.220. The number of rotatable bonds is 7. The lowest BCUT2D eigenvalue weighted by atomic mass is 10.2. The summed E-state index contributed by atoms with van der Waals surface area (Å²) in [7, 11) is 0. The van der Waals surface area contributed by atoms with Crippen molar-refractivity contribution in [1.29, 1.82) is 0 Å². The molecule has 0 aliphatic carbocycles. The van der Waals surface area contributed by atoms with E-state index in [0.29, 0.717) is 11.7 Å². The van der Waals surface area contributed by atoms with Gasteiger partial charge in [-0.25, -0.2) is 4.98 Å². The van der Waals surface area contributed by atoms with Crippen LogP contribution in [0.25, 0.3) is 0 Å². The van der Waals surface area contributed by atoms with Gasteiger partial charge in [-0.05, 0) is 13.3 Å². The minimum atomic E-state index is 0.220. The molecule has 2 aromatic heterocycles. The second-order valence-electron chi connectivity index (χ2n) is 4.69. The average molecular weight is 282 g/mol. The number of hydrogen-bond acceptors (Lipinski definition) is 3. The summed E-state index contributed by atoms with van der Waals surface area (Å²) in [5, 5.41) is 10.7. The summed E-state index contributed by atoms with van der Waals surface area (Å²) in [4.78, 5) is 7.63. The van der Waals surface area contributed by atoms with E-state index in [4.69, 9.17) is 11.6 Å². The highest BCUT2D eigenvalue weighted by molar-refractivity contribution is 6.30. The third-order valence-corrected chi connectivity index (χ3v) is 3.46. The fourth-order valence-electron chi connectivity index (χ4n) is 1.89. The minimum Gasteiger partial charge on any atom is -0.344 e. The zero-order valence-electron chi connectivity index (χ0n) is 11.3. The predicted octanol–water partition coefficient (Wildman–Crippen LogP) is 2.98. The van der Waals surface area contributed by atoms with Crippen LogP contribution in [-0.4, -0.2) is 20.2 Å². The van der Waals surface area contributed by atoms with E-state index in [9.17, 15) is 0 Å². The van der Waals surface area contributed by atoms with Crippen molar-refractivity contribution >= 4 is 11.6 Å². The molecule has 0 saturated carbocycles. The van der Waals surface area contributed by atoms with Crippen LogP contribution in [0.4, 0.5) is 0 Å². The van der Waals surface area contributed by atoms with E-state index >= 15 is 0 Å². The molecule has 2 aromatic rings. The average Bonchev–Trinajstić information content (AvgIpc) is 3.03. The van der Waals surface area contributed by atoms with E-state index in [1.54, 1.807) is 0 Å². The number of aryl methyl sites for hydroxylation is 1. The fraction of sp³-hybridized carbons (Fsp3) is 0.538. The van der Waals surface area contributed by atoms with E-state index in [1.807, 2.05) is 12.4 Å². The van der Waals surface area contributed by atoms with Crippen LogP contribution in [0.3, 0.4) is 0 Å². The Bertz CT molecular complexity index is 491. The molecular weight excluding hydrogens is 262 g/mol. The largest absolute Gasteiger partial charge is 0.344 e. The molecule has 19 heavy (non-hydrogen) atoms. The number of unbranched alkanes of at least 4 members (excludes halogenated alkanes) is 1. The lowest BCUT2D eigenvalue weighted by molar-refractivity contribution is 0.568. The van der Waals surface area contributed by atoms with E-state index < -0.39 is 0 Å². The summed E-state index contributed by atoms with van der Waals surface area (Å²) >= 11 is 6.13. The molecule has 0 fully saturated rings. The van der Waals surface area contributed by atoms with Crippen LogP contribution in [0, 0.1) is 0 Å². The smallest absolute Gasteiger partial charge is 0.151 e. The van der Waals surface area contributed by atoms with Crippen LogP contribution in [0.1, 0.15) is 49.8 Å². The molecule has 2 heterocycles. The Kier molecular flexibility index (Phi) is 4.99. The van der Waals surface area contributed by atoms with Gasteiger partial charge in [0.2, 0.25) is 0 Å². The van der Waals surface area contributed by atoms with Crippen molar-refractivity contribution in [2.45, 2.75) is 45.7 Å². The molecule has 0 aliphatic heterocycles. The van der Waals surface area contributed by atoms with Gasteiger partial charge in [-0.1, -0.05) is 24.9 Å². The van der Waals surface area contributed by atoms with Crippen molar-refractivity contribution in [1.82, 2.24) is 25.5 Å². The molecule has 0 aliphatic rings. The topological polar surface area (TPSA) is 69.4 Å². The molecule has 3 N–H and O–H groups in total. The molecule has 0 radical (unpaired) electrons. The van der Waals surface area contributed by atoms with Gasteiger partial charge in [0, 0.05) is 30.8 Å². The van der Waals surface area contributed by atoms with Crippen molar-refractivity contribution in [2.24, 2.45) is 0 Å². The lowest BCUT2D eigenvalue weighted by Crippen LogP contribution is -2.18.